The lowest BCUT2D eigenvalue weighted by Gasteiger charge is -2.04. The van der Waals surface area contributed by atoms with Crippen LogP contribution in [0.3, 0.4) is 0 Å². The first kappa shape index (κ1) is 15.0. The Labute approximate surface area is 124 Å². The molecular weight excluding hydrogens is 262 g/mol. The van der Waals surface area contributed by atoms with Gasteiger partial charge in [0.15, 0.2) is 0 Å². The molecule has 0 fully saturated rings. The molecule has 2 aromatic heterocycles. The van der Waals surface area contributed by atoms with Gasteiger partial charge in [-0.3, -0.25) is 19.1 Å². The monoisotopic (exact) mass is 283 g/mol. The van der Waals surface area contributed by atoms with Gasteiger partial charge in [0.2, 0.25) is 0 Å². The summed E-state index contributed by atoms with van der Waals surface area (Å²) in [6.07, 6.45) is 1.80. The highest BCUT2D eigenvalue weighted by Gasteiger charge is 2.09. The van der Waals surface area contributed by atoms with E-state index in [4.69, 9.17) is 0 Å². The zero-order valence-electron chi connectivity index (χ0n) is 13.2. The average Bonchev–Trinajstić information content (AvgIpc) is 2.74. The molecule has 0 atom stereocenters. The second-order valence-corrected chi connectivity index (χ2v) is 4.80. The highest BCUT2D eigenvalue weighted by atomic mass is 16.1. The van der Waals surface area contributed by atoms with Crippen molar-refractivity contribution in [3.63, 3.8) is 0 Å². The van der Waals surface area contributed by atoms with Crippen molar-refractivity contribution in [1.82, 2.24) is 14.3 Å². The number of fused-ring (bicyclic) bond motifs is 1. The number of aryl methyl sites for hydroxylation is 2. The molecule has 0 aliphatic rings. The van der Waals surface area contributed by atoms with Gasteiger partial charge in [0.05, 0.1) is 16.6 Å². The third-order valence-corrected chi connectivity index (χ3v) is 3.53. The quantitative estimate of drug-likeness (QED) is 0.687. The van der Waals surface area contributed by atoms with E-state index in [1.165, 1.54) is 5.56 Å². The highest BCUT2D eigenvalue weighted by molar-refractivity contribution is 5.83. The first-order valence-electron chi connectivity index (χ1n) is 7.16. The van der Waals surface area contributed by atoms with Gasteiger partial charge in [-0.15, -0.1) is 0 Å². The Morgan fingerprint density at radius 1 is 1.00 bits per heavy atom. The maximum absolute atomic E-state index is 12.0. The van der Waals surface area contributed by atoms with E-state index in [1.807, 2.05) is 62.8 Å². The van der Waals surface area contributed by atoms with E-state index in [1.54, 1.807) is 17.9 Å². The number of rotatable bonds is 1. The summed E-state index contributed by atoms with van der Waals surface area (Å²) in [6.45, 7) is 6.04. The van der Waals surface area contributed by atoms with Crippen molar-refractivity contribution >= 4 is 10.9 Å². The van der Waals surface area contributed by atoms with Crippen molar-refractivity contribution in [2.75, 3.05) is 0 Å². The zero-order chi connectivity index (χ0) is 15.6. The lowest BCUT2D eigenvalue weighted by Crippen LogP contribution is -2.16. The second kappa shape index (κ2) is 5.95. The predicted molar refractivity (Wildman–Crippen MR) is 87.5 cm³/mol. The van der Waals surface area contributed by atoms with Crippen LogP contribution in [-0.2, 0) is 14.1 Å². The third-order valence-electron chi connectivity index (χ3n) is 3.53. The van der Waals surface area contributed by atoms with E-state index in [0.717, 1.165) is 22.2 Å². The van der Waals surface area contributed by atoms with Crippen molar-refractivity contribution in [1.29, 1.82) is 0 Å². The second-order valence-electron chi connectivity index (χ2n) is 4.80. The van der Waals surface area contributed by atoms with Crippen molar-refractivity contribution in [3.05, 3.63) is 52.4 Å². The Balaban J connectivity index is 0.000000774. The summed E-state index contributed by atoms with van der Waals surface area (Å²) >= 11 is 0. The Morgan fingerprint density at radius 2 is 1.71 bits per heavy atom. The fourth-order valence-electron chi connectivity index (χ4n) is 2.31. The van der Waals surface area contributed by atoms with Crippen LogP contribution in [0.1, 0.15) is 19.4 Å². The van der Waals surface area contributed by atoms with Gasteiger partial charge in [0, 0.05) is 25.9 Å². The van der Waals surface area contributed by atoms with Crippen LogP contribution < -0.4 is 5.56 Å². The Kier molecular flexibility index (Phi) is 4.26. The van der Waals surface area contributed by atoms with Gasteiger partial charge in [-0.2, -0.15) is 0 Å². The first-order valence-corrected chi connectivity index (χ1v) is 7.16. The zero-order valence-corrected chi connectivity index (χ0v) is 13.2. The van der Waals surface area contributed by atoms with Crippen LogP contribution in [0.4, 0.5) is 0 Å². The molecule has 0 N–H and O–H groups in total. The van der Waals surface area contributed by atoms with Crippen molar-refractivity contribution in [2.24, 2.45) is 14.1 Å². The topological polar surface area (TPSA) is 39.8 Å². The number of hydrogen-bond donors (Lipinski definition) is 0. The van der Waals surface area contributed by atoms with E-state index in [-0.39, 0.29) is 5.56 Å². The molecule has 4 nitrogen and oxygen atoms in total. The maximum atomic E-state index is 12.0. The molecule has 0 spiro atoms. The smallest absolute Gasteiger partial charge is 0.274 e. The minimum Gasteiger partial charge on any atom is -0.285 e. The molecular formula is C17H21N3O. The molecule has 0 aliphatic carbocycles. The number of pyridine rings is 1. The molecule has 1 aromatic carbocycles. The maximum Gasteiger partial charge on any atom is 0.274 e. The summed E-state index contributed by atoms with van der Waals surface area (Å²) in [5.41, 5.74) is 4.08. The van der Waals surface area contributed by atoms with E-state index in [2.05, 4.69) is 4.98 Å². The van der Waals surface area contributed by atoms with E-state index >= 15 is 0 Å². The van der Waals surface area contributed by atoms with E-state index < -0.39 is 0 Å². The number of nitrogens with zero attached hydrogens (tertiary/aromatic N) is 3. The molecule has 2 heterocycles. The van der Waals surface area contributed by atoms with Crippen LogP contribution in [-0.4, -0.2) is 14.3 Å². The molecule has 0 saturated carbocycles. The van der Waals surface area contributed by atoms with Gasteiger partial charge in [-0.05, 0) is 36.8 Å². The third kappa shape index (κ3) is 2.61. The van der Waals surface area contributed by atoms with Crippen molar-refractivity contribution in [3.8, 4) is 11.3 Å². The fourth-order valence-corrected chi connectivity index (χ4v) is 2.31. The van der Waals surface area contributed by atoms with Gasteiger partial charge in [-0.1, -0.05) is 19.9 Å². The van der Waals surface area contributed by atoms with Gasteiger partial charge in [0.1, 0.15) is 0 Å². The molecule has 3 rings (SSSR count). The minimum absolute atomic E-state index is 0.0289. The van der Waals surface area contributed by atoms with Crippen LogP contribution in [0.2, 0.25) is 0 Å². The van der Waals surface area contributed by atoms with E-state index in [0.29, 0.717) is 0 Å². The van der Waals surface area contributed by atoms with Crippen LogP contribution in [0.25, 0.3) is 22.2 Å². The van der Waals surface area contributed by atoms with Crippen LogP contribution in [0.5, 0.6) is 0 Å². The van der Waals surface area contributed by atoms with Crippen LogP contribution in [0, 0.1) is 6.92 Å². The minimum atomic E-state index is 0.0289. The van der Waals surface area contributed by atoms with Crippen molar-refractivity contribution in [2.45, 2.75) is 20.8 Å². The van der Waals surface area contributed by atoms with Gasteiger partial charge in [-0.25, -0.2) is 0 Å². The summed E-state index contributed by atoms with van der Waals surface area (Å²) in [5.74, 6) is 0. The Bertz CT molecular complexity index is 828. The predicted octanol–water partition coefficient (Wildman–Crippen LogP) is 3.27. The van der Waals surface area contributed by atoms with Gasteiger partial charge >= 0.3 is 0 Å². The molecule has 4 heteroatoms. The lowest BCUT2D eigenvalue weighted by atomic mass is 10.1. The average molecular weight is 283 g/mol. The molecule has 0 amide bonds. The molecule has 0 radical (unpaired) electrons. The Morgan fingerprint density at radius 3 is 2.38 bits per heavy atom. The summed E-state index contributed by atoms with van der Waals surface area (Å²) < 4.78 is 3.47. The molecule has 0 saturated heterocycles. The van der Waals surface area contributed by atoms with Crippen LogP contribution in [0.15, 0.2) is 41.3 Å². The molecule has 0 unspecified atom stereocenters. The summed E-state index contributed by atoms with van der Waals surface area (Å²) in [6, 6.07) is 9.85. The molecule has 110 valence electrons. The number of hydrogen-bond acceptors (Lipinski definition) is 2. The summed E-state index contributed by atoms with van der Waals surface area (Å²) in [7, 11) is 3.66. The standard InChI is InChI=1S/C15H15N3O.C2H6/c1-10-6-7-16-13(8-10)11-4-5-12-14(9-11)17(2)18(3)15(12)19;1-2/h4-9H,1-3H3;1-2H3. The van der Waals surface area contributed by atoms with Crippen LogP contribution >= 0.6 is 0 Å². The van der Waals surface area contributed by atoms with Gasteiger partial charge < -0.3 is 0 Å². The number of aromatic nitrogens is 3. The summed E-state index contributed by atoms with van der Waals surface area (Å²) in [4.78, 5) is 16.4. The lowest BCUT2D eigenvalue weighted by molar-refractivity contribution is 0.595. The molecule has 3 aromatic rings. The first-order chi connectivity index (χ1) is 10.1. The largest absolute Gasteiger partial charge is 0.285 e. The molecule has 21 heavy (non-hydrogen) atoms. The number of benzene rings is 1. The SMILES string of the molecule is CC.Cc1ccnc(-c2ccc3c(=O)n(C)n(C)c3c2)c1. The normalized spacial score (nSPS) is 10.3. The molecule has 0 bridgehead atoms. The van der Waals surface area contributed by atoms with Gasteiger partial charge in [0.25, 0.3) is 5.56 Å². The van der Waals surface area contributed by atoms with Crippen molar-refractivity contribution < 1.29 is 0 Å². The summed E-state index contributed by atoms with van der Waals surface area (Å²) in [5, 5.41) is 0.737. The fraction of sp³-hybridized carbons (Fsp3) is 0.294. The Hall–Kier alpha value is -2.36. The van der Waals surface area contributed by atoms with E-state index in [9.17, 15) is 4.79 Å². The highest BCUT2D eigenvalue weighted by Crippen LogP contribution is 2.22. The molecule has 0 aliphatic heterocycles.